The lowest BCUT2D eigenvalue weighted by Gasteiger charge is -2.10. The van der Waals surface area contributed by atoms with Crippen LogP contribution in [0.4, 0.5) is 11.4 Å². The SMILES string of the molecule is O=C(COc1cccc(NC(=O)c2ccco2)c1)Nc1cccc(-c2noc(=O)[nH]2)c1. The van der Waals surface area contributed by atoms with Crippen LogP contribution in [0, 0.1) is 0 Å². The molecule has 0 saturated heterocycles. The van der Waals surface area contributed by atoms with Gasteiger partial charge in [0.15, 0.2) is 18.2 Å². The van der Waals surface area contributed by atoms with Gasteiger partial charge in [-0.25, -0.2) is 4.79 Å². The minimum Gasteiger partial charge on any atom is -0.484 e. The molecule has 10 nitrogen and oxygen atoms in total. The second-order valence-electron chi connectivity index (χ2n) is 6.32. The number of carbonyl (C=O) groups is 2. The van der Waals surface area contributed by atoms with Crippen LogP contribution in [0.25, 0.3) is 11.4 Å². The Balaban J connectivity index is 1.34. The number of H-pyrrole nitrogens is 1. The summed E-state index contributed by atoms with van der Waals surface area (Å²) in [6, 6.07) is 16.5. The first-order valence-electron chi connectivity index (χ1n) is 9.11. The molecule has 2 heterocycles. The van der Waals surface area contributed by atoms with Crippen molar-refractivity contribution >= 4 is 23.2 Å². The van der Waals surface area contributed by atoms with E-state index in [1.807, 2.05) is 0 Å². The number of anilines is 2. The summed E-state index contributed by atoms with van der Waals surface area (Å²) < 4.78 is 15.0. The zero-order chi connectivity index (χ0) is 21.6. The van der Waals surface area contributed by atoms with E-state index in [1.54, 1.807) is 60.7 Å². The zero-order valence-electron chi connectivity index (χ0n) is 16.0. The number of aromatic amines is 1. The van der Waals surface area contributed by atoms with E-state index in [0.717, 1.165) is 0 Å². The maximum Gasteiger partial charge on any atom is 0.439 e. The Kier molecular flexibility index (Phi) is 5.61. The van der Waals surface area contributed by atoms with Crippen molar-refractivity contribution in [3.8, 4) is 17.1 Å². The van der Waals surface area contributed by atoms with E-state index in [-0.39, 0.29) is 18.2 Å². The summed E-state index contributed by atoms with van der Waals surface area (Å²) in [4.78, 5) is 37.8. The molecule has 4 aromatic rings. The highest BCUT2D eigenvalue weighted by Crippen LogP contribution is 2.20. The van der Waals surface area contributed by atoms with Crippen LogP contribution in [0.15, 0.2) is 80.7 Å². The van der Waals surface area contributed by atoms with Crippen molar-refractivity contribution in [3.63, 3.8) is 0 Å². The number of furan rings is 1. The van der Waals surface area contributed by atoms with Crippen LogP contribution in [0.5, 0.6) is 5.75 Å². The highest BCUT2D eigenvalue weighted by atomic mass is 16.5. The van der Waals surface area contributed by atoms with Gasteiger partial charge in [-0.2, -0.15) is 0 Å². The Labute approximate surface area is 174 Å². The van der Waals surface area contributed by atoms with Gasteiger partial charge in [0.2, 0.25) is 0 Å². The second-order valence-corrected chi connectivity index (χ2v) is 6.32. The number of rotatable bonds is 7. The van der Waals surface area contributed by atoms with Gasteiger partial charge in [0.1, 0.15) is 5.75 Å². The second kappa shape index (κ2) is 8.82. The van der Waals surface area contributed by atoms with Gasteiger partial charge in [-0.1, -0.05) is 23.4 Å². The Hall–Kier alpha value is -4.60. The first kappa shape index (κ1) is 19.7. The maximum absolute atomic E-state index is 12.2. The van der Waals surface area contributed by atoms with Gasteiger partial charge in [-0.15, -0.1) is 0 Å². The topological polar surface area (TPSA) is 139 Å². The Morgan fingerprint density at radius 3 is 2.55 bits per heavy atom. The Morgan fingerprint density at radius 1 is 1.00 bits per heavy atom. The van der Waals surface area contributed by atoms with Crippen LogP contribution in [-0.4, -0.2) is 28.6 Å². The molecule has 4 rings (SSSR count). The Morgan fingerprint density at radius 2 is 1.81 bits per heavy atom. The number of benzene rings is 2. The third kappa shape index (κ3) is 5.07. The lowest BCUT2D eigenvalue weighted by Crippen LogP contribution is -2.20. The first-order chi connectivity index (χ1) is 15.1. The van der Waals surface area contributed by atoms with E-state index in [4.69, 9.17) is 9.15 Å². The van der Waals surface area contributed by atoms with Crippen molar-refractivity contribution in [2.24, 2.45) is 0 Å². The third-order valence-electron chi connectivity index (χ3n) is 4.07. The number of hydrogen-bond donors (Lipinski definition) is 3. The van der Waals surface area contributed by atoms with Crippen molar-refractivity contribution in [1.82, 2.24) is 10.1 Å². The number of ether oxygens (including phenoxy) is 1. The molecule has 2 amide bonds. The van der Waals surface area contributed by atoms with Crippen molar-refractivity contribution in [2.45, 2.75) is 0 Å². The van der Waals surface area contributed by atoms with Crippen molar-refractivity contribution in [3.05, 3.63) is 83.2 Å². The van der Waals surface area contributed by atoms with Gasteiger partial charge >= 0.3 is 5.76 Å². The zero-order valence-corrected chi connectivity index (χ0v) is 16.0. The van der Waals surface area contributed by atoms with Gasteiger partial charge in [0, 0.05) is 23.0 Å². The molecule has 2 aromatic heterocycles. The van der Waals surface area contributed by atoms with Crippen LogP contribution in [0.3, 0.4) is 0 Å². The predicted molar refractivity (Wildman–Crippen MR) is 110 cm³/mol. The molecule has 0 fully saturated rings. The predicted octanol–water partition coefficient (Wildman–Crippen LogP) is 2.89. The fourth-order valence-corrected chi connectivity index (χ4v) is 2.71. The summed E-state index contributed by atoms with van der Waals surface area (Å²) in [6.45, 7) is -0.249. The molecular formula is C21H16N4O6. The van der Waals surface area contributed by atoms with Gasteiger partial charge in [-0.3, -0.25) is 19.1 Å². The quantitative estimate of drug-likeness (QED) is 0.418. The van der Waals surface area contributed by atoms with Gasteiger partial charge < -0.3 is 19.8 Å². The molecule has 0 spiro atoms. The van der Waals surface area contributed by atoms with Gasteiger partial charge in [0.25, 0.3) is 11.8 Å². The van der Waals surface area contributed by atoms with Crippen LogP contribution in [0.1, 0.15) is 10.6 Å². The lowest BCUT2D eigenvalue weighted by atomic mass is 10.2. The van der Waals surface area contributed by atoms with E-state index in [1.165, 1.54) is 6.26 Å². The van der Waals surface area contributed by atoms with Crippen molar-refractivity contribution in [1.29, 1.82) is 0 Å². The average molecular weight is 420 g/mol. The summed E-state index contributed by atoms with van der Waals surface area (Å²) in [5.74, 6) is -0.612. The lowest BCUT2D eigenvalue weighted by molar-refractivity contribution is -0.118. The van der Waals surface area contributed by atoms with Crippen LogP contribution < -0.4 is 21.1 Å². The molecule has 31 heavy (non-hydrogen) atoms. The van der Waals surface area contributed by atoms with E-state index in [9.17, 15) is 14.4 Å². The molecule has 0 radical (unpaired) electrons. The normalized spacial score (nSPS) is 10.5. The number of aromatic nitrogens is 2. The largest absolute Gasteiger partial charge is 0.484 e. The minimum atomic E-state index is -0.666. The fraction of sp³-hybridized carbons (Fsp3) is 0.0476. The van der Waals surface area contributed by atoms with Crippen LogP contribution >= 0.6 is 0 Å². The monoisotopic (exact) mass is 420 g/mol. The number of nitrogens with zero attached hydrogens (tertiary/aromatic N) is 1. The van der Waals surface area contributed by atoms with Crippen molar-refractivity contribution < 1.29 is 23.3 Å². The van der Waals surface area contributed by atoms with E-state index < -0.39 is 17.6 Å². The molecule has 0 aliphatic heterocycles. The molecule has 0 aliphatic carbocycles. The fourth-order valence-electron chi connectivity index (χ4n) is 2.71. The maximum atomic E-state index is 12.2. The minimum absolute atomic E-state index is 0.183. The standard InChI is InChI=1S/C21H16N4O6/c26-18(22-14-5-1-4-13(10-14)19-24-21(28)31-25-19)12-30-16-7-2-6-15(11-16)23-20(27)17-8-3-9-29-17/h1-11H,12H2,(H,22,26)(H,23,27)(H,24,25,28). The van der Waals surface area contributed by atoms with E-state index in [0.29, 0.717) is 22.7 Å². The van der Waals surface area contributed by atoms with Gasteiger partial charge in [-0.05, 0) is 36.4 Å². The first-order valence-corrected chi connectivity index (χ1v) is 9.11. The summed E-state index contributed by atoms with van der Waals surface area (Å²) in [7, 11) is 0. The molecule has 0 bridgehead atoms. The summed E-state index contributed by atoms with van der Waals surface area (Å²) in [6.07, 6.45) is 1.41. The van der Waals surface area contributed by atoms with Crippen molar-refractivity contribution in [2.75, 3.05) is 17.2 Å². The molecule has 10 heteroatoms. The average Bonchev–Trinajstić information content (AvgIpc) is 3.45. The van der Waals surface area contributed by atoms with E-state index in [2.05, 4.69) is 25.3 Å². The highest BCUT2D eigenvalue weighted by Gasteiger charge is 2.10. The van der Waals surface area contributed by atoms with Crippen LogP contribution in [0.2, 0.25) is 0 Å². The Bertz CT molecular complexity index is 1260. The molecule has 156 valence electrons. The number of carbonyl (C=O) groups excluding carboxylic acids is 2. The van der Waals surface area contributed by atoms with Crippen LogP contribution in [-0.2, 0) is 4.79 Å². The summed E-state index contributed by atoms with van der Waals surface area (Å²) in [5, 5.41) is 8.99. The molecular weight excluding hydrogens is 404 g/mol. The number of nitrogens with one attached hydrogen (secondary N) is 3. The molecule has 3 N–H and O–H groups in total. The summed E-state index contributed by atoms with van der Waals surface area (Å²) >= 11 is 0. The third-order valence-corrected chi connectivity index (χ3v) is 4.07. The molecule has 0 saturated carbocycles. The summed E-state index contributed by atoms with van der Waals surface area (Å²) in [5.41, 5.74) is 1.56. The molecule has 0 unspecified atom stereocenters. The molecule has 0 atom stereocenters. The highest BCUT2D eigenvalue weighted by molar-refractivity contribution is 6.02. The van der Waals surface area contributed by atoms with E-state index >= 15 is 0 Å². The number of amides is 2. The molecule has 2 aromatic carbocycles. The van der Waals surface area contributed by atoms with Gasteiger partial charge in [0.05, 0.1) is 6.26 Å². The smallest absolute Gasteiger partial charge is 0.439 e. The molecule has 0 aliphatic rings. The number of hydrogen-bond acceptors (Lipinski definition) is 7.